The van der Waals surface area contributed by atoms with Gasteiger partial charge in [0.15, 0.2) is 0 Å². The second-order valence-corrected chi connectivity index (χ2v) is 6.73. The van der Waals surface area contributed by atoms with E-state index in [1.165, 1.54) is 0 Å². The molecule has 0 spiro atoms. The Morgan fingerprint density at radius 3 is 2.31 bits per heavy atom. The zero-order chi connectivity index (χ0) is 10.5. The van der Waals surface area contributed by atoms with Gasteiger partial charge in [0.05, 0.1) is 0 Å². The SMILES string of the molecule is CCCNC(C)CS(=O)C(C)(C)C. The summed E-state index contributed by atoms with van der Waals surface area (Å²) >= 11 is 0. The Hall–Kier alpha value is 0.110. The molecule has 2 atom stereocenters. The van der Waals surface area contributed by atoms with Gasteiger partial charge in [-0.05, 0) is 40.7 Å². The number of nitrogens with one attached hydrogen (secondary N) is 1. The number of hydrogen-bond donors (Lipinski definition) is 1. The van der Waals surface area contributed by atoms with E-state index in [-0.39, 0.29) is 4.75 Å². The summed E-state index contributed by atoms with van der Waals surface area (Å²) in [6, 6.07) is 0.361. The lowest BCUT2D eigenvalue weighted by atomic mass is 10.3. The lowest BCUT2D eigenvalue weighted by Crippen LogP contribution is -2.36. The highest BCUT2D eigenvalue weighted by Gasteiger charge is 2.20. The van der Waals surface area contributed by atoms with Gasteiger partial charge in [-0.1, -0.05) is 6.92 Å². The Morgan fingerprint density at radius 2 is 1.92 bits per heavy atom. The first-order valence-electron chi connectivity index (χ1n) is 4.99. The summed E-state index contributed by atoms with van der Waals surface area (Å²) in [5.74, 6) is 0.753. The molecule has 0 fully saturated rings. The average molecular weight is 205 g/mol. The Balaban J connectivity index is 3.79. The molecule has 3 heteroatoms. The summed E-state index contributed by atoms with van der Waals surface area (Å²) in [6.45, 7) is 11.3. The Bertz CT molecular complexity index is 163. The van der Waals surface area contributed by atoms with Crippen molar-refractivity contribution in [2.75, 3.05) is 12.3 Å². The third-order valence-corrected chi connectivity index (χ3v) is 4.00. The van der Waals surface area contributed by atoms with E-state index in [1.807, 2.05) is 20.8 Å². The minimum Gasteiger partial charge on any atom is -0.313 e. The van der Waals surface area contributed by atoms with Crippen molar-refractivity contribution in [2.24, 2.45) is 0 Å². The third kappa shape index (κ3) is 6.22. The van der Waals surface area contributed by atoms with Crippen LogP contribution in [0.1, 0.15) is 41.0 Å². The van der Waals surface area contributed by atoms with Crippen molar-refractivity contribution in [1.29, 1.82) is 0 Å². The van der Waals surface area contributed by atoms with Crippen molar-refractivity contribution >= 4 is 10.8 Å². The molecule has 0 bridgehead atoms. The fraction of sp³-hybridized carbons (Fsp3) is 1.00. The maximum atomic E-state index is 11.7. The van der Waals surface area contributed by atoms with Crippen molar-refractivity contribution in [1.82, 2.24) is 5.32 Å². The second-order valence-electron chi connectivity index (χ2n) is 4.48. The average Bonchev–Trinajstić information content (AvgIpc) is 1.99. The smallest absolute Gasteiger partial charge is 0.0391 e. The van der Waals surface area contributed by atoms with Crippen LogP contribution in [-0.4, -0.2) is 27.3 Å². The van der Waals surface area contributed by atoms with E-state index in [2.05, 4.69) is 19.2 Å². The molecule has 0 saturated carbocycles. The molecule has 0 heterocycles. The van der Waals surface area contributed by atoms with Gasteiger partial charge >= 0.3 is 0 Å². The van der Waals surface area contributed by atoms with Crippen LogP contribution in [0, 0.1) is 0 Å². The van der Waals surface area contributed by atoms with Crippen LogP contribution in [0.25, 0.3) is 0 Å². The maximum Gasteiger partial charge on any atom is 0.0391 e. The molecule has 0 aliphatic rings. The molecular formula is C10H23NOS. The van der Waals surface area contributed by atoms with Crippen molar-refractivity contribution < 1.29 is 4.21 Å². The molecule has 2 nitrogen and oxygen atoms in total. The normalized spacial score (nSPS) is 17.0. The quantitative estimate of drug-likeness (QED) is 0.743. The summed E-state index contributed by atoms with van der Waals surface area (Å²) in [5.41, 5.74) is 0. The molecule has 0 rings (SSSR count). The highest BCUT2D eigenvalue weighted by Crippen LogP contribution is 2.11. The summed E-state index contributed by atoms with van der Waals surface area (Å²) < 4.78 is 11.6. The Kier molecular flexibility index (Phi) is 5.81. The Morgan fingerprint density at radius 1 is 1.38 bits per heavy atom. The zero-order valence-corrected chi connectivity index (χ0v) is 10.3. The van der Waals surface area contributed by atoms with Crippen LogP contribution in [0.2, 0.25) is 0 Å². The summed E-state index contributed by atoms with van der Waals surface area (Å²) in [4.78, 5) is 0. The maximum absolute atomic E-state index is 11.7. The van der Waals surface area contributed by atoms with Gasteiger partial charge < -0.3 is 5.32 Å². The molecule has 0 aromatic carbocycles. The molecule has 1 N–H and O–H groups in total. The van der Waals surface area contributed by atoms with Gasteiger partial charge in [0.2, 0.25) is 0 Å². The largest absolute Gasteiger partial charge is 0.313 e. The molecule has 80 valence electrons. The molecule has 0 aromatic heterocycles. The van der Waals surface area contributed by atoms with Crippen LogP contribution in [0.3, 0.4) is 0 Å². The number of hydrogen-bond acceptors (Lipinski definition) is 2. The first kappa shape index (κ1) is 13.1. The van der Waals surface area contributed by atoms with Gasteiger partial charge in [0, 0.05) is 27.3 Å². The molecule has 2 unspecified atom stereocenters. The summed E-state index contributed by atoms with van der Waals surface area (Å²) in [6.07, 6.45) is 1.13. The van der Waals surface area contributed by atoms with Crippen LogP contribution in [0.15, 0.2) is 0 Å². The highest BCUT2D eigenvalue weighted by atomic mass is 32.2. The zero-order valence-electron chi connectivity index (χ0n) is 9.52. The van der Waals surface area contributed by atoms with E-state index < -0.39 is 10.8 Å². The fourth-order valence-electron chi connectivity index (χ4n) is 0.927. The first-order valence-corrected chi connectivity index (χ1v) is 6.31. The van der Waals surface area contributed by atoms with E-state index >= 15 is 0 Å². The van der Waals surface area contributed by atoms with Crippen LogP contribution >= 0.6 is 0 Å². The van der Waals surface area contributed by atoms with Crippen molar-refractivity contribution in [2.45, 2.75) is 51.8 Å². The first-order chi connectivity index (χ1) is 5.88. The van der Waals surface area contributed by atoms with Gasteiger partial charge in [-0.15, -0.1) is 0 Å². The highest BCUT2D eigenvalue weighted by molar-refractivity contribution is 7.86. The fourth-order valence-corrected chi connectivity index (χ4v) is 2.00. The summed E-state index contributed by atoms with van der Waals surface area (Å²) in [5, 5.41) is 3.34. The Labute approximate surface area is 84.9 Å². The van der Waals surface area contributed by atoms with Crippen LogP contribution < -0.4 is 5.32 Å². The molecule has 0 aliphatic carbocycles. The van der Waals surface area contributed by atoms with E-state index in [0.717, 1.165) is 18.7 Å². The van der Waals surface area contributed by atoms with Crippen LogP contribution in [0.4, 0.5) is 0 Å². The lowest BCUT2D eigenvalue weighted by Gasteiger charge is -2.21. The van der Waals surface area contributed by atoms with Crippen LogP contribution in [0.5, 0.6) is 0 Å². The standard InChI is InChI=1S/C10H23NOS/c1-6-7-11-9(2)8-13(12)10(3,4)5/h9,11H,6-8H2,1-5H3. The van der Waals surface area contributed by atoms with Crippen molar-refractivity contribution in [3.63, 3.8) is 0 Å². The predicted octanol–water partition coefficient (Wildman–Crippen LogP) is 1.92. The monoisotopic (exact) mass is 205 g/mol. The predicted molar refractivity (Wildman–Crippen MR) is 60.5 cm³/mol. The van der Waals surface area contributed by atoms with Crippen molar-refractivity contribution in [3.05, 3.63) is 0 Å². The molecule has 0 amide bonds. The van der Waals surface area contributed by atoms with E-state index in [1.54, 1.807) is 0 Å². The van der Waals surface area contributed by atoms with Crippen molar-refractivity contribution in [3.8, 4) is 0 Å². The van der Waals surface area contributed by atoms with E-state index in [0.29, 0.717) is 6.04 Å². The van der Waals surface area contributed by atoms with Gasteiger partial charge in [0.1, 0.15) is 0 Å². The second kappa shape index (κ2) is 5.76. The third-order valence-electron chi connectivity index (χ3n) is 1.83. The minimum absolute atomic E-state index is 0.0812. The minimum atomic E-state index is -0.733. The lowest BCUT2D eigenvalue weighted by molar-refractivity contribution is 0.574. The molecule has 0 aliphatic heterocycles. The summed E-state index contributed by atoms with van der Waals surface area (Å²) in [7, 11) is -0.733. The van der Waals surface area contributed by atoms with Gasteiger partial charge in [-0.25, -0.2) is 0 Å². The van der Waals surface area contributed by atoms with E-state index in [4.69, 9.17) is 0 Å². The van der Waals surface area contributed by atoms with Crippen LogP contribution in [-0.2, 0) is 10.8 Å². The topological polar surface area (TPSA) is 29.1 Å². The molecular weight excluding hydrogens is 182 g/mol. The molecule has 0 saturated heterocycles. The van der Waals surface area contributed by atoms with Gasteiger partial charge in [0.25, 0.3) is 0 Å². The van der Waals surface area contributed by atoms with Gasteiger partial charge in [-0.2, -0.15) is 0 Å². The molecule has 13 heavy (non-hydrogen) atoms. The van der Waals surface area contributed by atoms with E-state index in [9.17, 15) is 4.21 Å². The van der Waals surface area contributed by atoms with Gasteiger partial charge in [-0.3, -0.25) is 4.21 Å². The molecule has 0 aromatic rings. The molecule has 0 radical (unpaired) electrons. The number of rotatable bonds is 5.